The maximum atomic E-state index is 12.5. The Kier molecular flexibility index (Phi) is 5.71. The van der Waals surface area contributed by atoms with Gasteiger partial charge in [0, 0.05) is 37.1 Å². The number of anilines is 1. The van der Waals surface area contributed by atoms with E-state index in [2.05, 4.69) is 20.2 Å². The van der Waals surface area contributed by atoms with Crippen molar-refractivity contribution in [3.05, 3.63) is 47.8 Å². The van der Waals surface area contributed by atoms with Crippen molar-refractivity contribution < 1.29 is 9.53 Å². The first-order valence-electron chi connectivity index (χ1n) is 9.13. The summed E-state index contributed by atoms with van der Waals surface area (Å²) in [5, 5.41) is 3.16. The number of aryl methyl sites for hydroxylation is 1. The summed E-state index contributed by atoms with van der Waals surface area (Å²) in [6, 6.07) is 7.85. The first-order chi connectivity index (χ1) is 12.5. The first-order valence-corrected chi connectivity index (χ1v) is 9.13. The van der Waals surface area contributed by atoms with Crippen LogP contribution >= 0.6 is 0 Å². The minimum absolute atomic E-state index is 0.00452. The second-order valence-electron chi connectivity index (χ2n) is 6.90. The van der Waals surface area contributed by atoms with E-state index in [0.717, 1.165) is 42.9 Å². The molecule has 0 radical (unpaired) electrons. The van der Waals surface area contributed by atoms with Crippen LogP contribution in [-0.4, -0.2) is 41.1 Å². The second-order valence-corrected chi connectivity index (χ2v) is 6.90. The van der Waals surface area contributed by atoms with Gasteiger partial charge in [-0.1, -0.05) is 18.2 Å². The number of nitrogens with zero attached hydrogens (tertiary/aromatic N) is 3. The van der Waals surface area contributed by atoms with Crippen molar-refractivity contribution >= 4 is 11.7 Å². The van der Waals surface area contributed by atoms with E-state index in [9.17, 15) is 4.79 Å². The van der Waals surface area contributed by atoms with E-state index in [0.29, 0.717) is 5.88 Å². The van der Waals surface area contributed by atoms with Crippen LogP contribution in [0.5, 0.6) is 5.88 Å². The molecule has 1 N–H and O–H groups in total. The molecule has 0 spiro atoms. The zero-order valence-electron chi connectivity index (χ0n) is 15.6. The van der Waals surface area contributed by atoms with Gasteiger partial charge in [-0.2, -0.15) is 0 Å². The van der Waals surface area contributed by atoms with Crippen LogP contribution in [0.15, 0.2) is 36.7 Å². The SMILES string of the molecule is Cc1ccccc1C(=O)NC1CCN(c2nccnc2OC(C)C)CC1. The van der Waals surface area contributed by atoms with Crippen LogP contribution in [0.25, 0.3) is 0 Å². The quantitative estimate of drug-likeness (QED) is 0.894. The number of aromatic nitrogens is 2. The van der Waals surface area contributed by atoms with Crippen LogP contribution < -0.4 is 15.0 Å². The number of ether oxygens (including phenoxy) is 1. The molecule has 1 amide bonds. The fourth-order valence-electron chi connectivity index (χ4n) is 3.17. The van der Waals surface area contributed by atoms with Gasteiger partial charge < -0.3 is 15.0 Å². The molecule has 26 heavy (non-hydrogen) atoms. The van der Waals surface area contributed by atoms with Crippen LogP contribution in [0, 0.1) is 6.92 Å². The maximum Gasteiger partial charge on any atom is 0.257 e. The van der Waals surface area contributed by atoms with E-state index >= 15 is 0 Å². The zero-order valence-corrected chi connectivity index (χ0v) is 15.6. The minimum atomic E-state index is 0.00452. The molecule has 0 atom stereocenters. The molecule has 1 aliphatic rings. The highest BCUT2D eigenvalue weighted by atomic mass is 16.5. The Morgan fingerprint density at radius 2 is 1.88 bits per heavy atom. The van der Waals surface area contributed by atoms with Gasteiger partial charge in [-0.3, -0.25) is 4.79 Å². The van der Waals surface area contributed by atoms with Gasteiger partial charge in [0.1, 0.15) is 0 Å². The third kappa shape index (κ3) is 4.31. The van der Waals surface area contributed by atoms with E-state index in [1.165, 1.54) is 0 Å². The first kappa shape index (κ1) is 18.2. The number of hydrogen-bond donors (Lipinski definition) is 1. The molecule has 0 bridgehead atoms. The molecule has 138 valence electrons. The summed E-state index contributed by atoms with van der Waals surface area (Å²) in [4.78, 5) is 23.4. The molecule has 0 unspecified atom stereocenters. The third-order valence-electron chi connectivity index (χ3n) is 4.51. The topological polar surface area (TPSA) is 67.4 Å². The predicted molar refractivity (Wildman–Crippen MR) is 102 cm³/mol. The highest BCUT2D eigenvalue weighted by Crippen LogP contribution is 2.26. The van der Waals surface area contributed by atoms with Gasteiger partial charge in [-0.25, -0.2) is 9.97 Å². The fourth-order valence-corrected chi connectivity index (χ4v) is 3.17. The monoisotopic (exact) mass is 354 g/mol. The van der Waals surface area contributed by atoms with Crippen LogP contribution in [0.2, 0.25) is 0 Å². The molecule has 1 aliphatic heterocycles. The summed E-state index contributed by atoms with van der Waals surface area (Å²) in [6.07, 6.45) is 5.13. The molecule has 2 heterocycles. The van der Waals surface area contributed by atoms with E-state index in [1.807, 2.05) is 45.0 Å². The van der Waals surface area contributed by atoms with Crippen LogP contribution in [-0.2, 0) is 0 Å². The summed E-state index contributed by atoms with van der Waals surface area (Å²) < 4.78 is 5.78. The van der Waals surface area contributed by atoms with Crippen molar-refractivity contribution in [2.75, 3.05) is 18.0 Å². The van der Waals surface area contributed by atoms with Gasteiger partial charge in [0.25, 0.3) is 11.8 Å². The van der Waals surface area contributed by atoms with Crippen molar-refractivity contribution in [3.63, 3.8) is 0 Å². The Morgan fingerprint density at radius 3 is 2.58 bits per heavy atom. The van der Waals surface area contributed by atoms with Crippen molar-refractivity contribution in [2.24, 2.45) is 0 Å². The fraction of sp³-hybridized carbons (Fsp3) is 0.450. The highest BCUT2D eigenvalue weighted by Gasteiger charge is 2.25. The molecule has 1 fully saturated rings. The highest BCUT2D eigenvalue weighted by molar-refractivity contribution is 5.95. The number of rotatable bonds is 5. The smallest absolute Gasteiger partial charge is 0.257 e. The number of nitrogens with one attached hydrogen (secondary N) is 1. The molecular formula is C20H26N4O2. The van der Waals surface area contributed by atoms with Crippen molar-refractivity contribution in [1.82, 2.24) is 15.3 Å². The van der Waals surface area contributed by atoms with Crippen LogP contribution in [0.3, 0.4) is 0 Å². The zero-order chi connectivity index (χ0) is 18.5. The summed E-state index contributed by atoms with van der Waals surface area (Å²) in [5.74, 6) is 1.36. The molecule has 1 aromatic carbocycles. The summed E-state index contributed by atoms with van der Waals surface area (Å²) >= 11 is 0. The molecule has 3 rings (SSSR count). The minimum Gasteiger partial charge on any atom is -0.472 e. The van der Waals surface area contributed by atoms with E-state index < -0.39 is 0 Å². The van der Waals surface area contributed by atoms with Gasteiger partial charge >= 0.3 is 0 Å². The average molecular weight is 354 g/mol. The van der Waals surface area contributed by atoms with E-state index in [1.54, 1.807) is 12.4 Å². The number of carbonyl (C=O) groups is 1. The van der Waals surface area contributed by atoms with Gasteiger partial charge in [0.15, 0.2) is 5.82 Å². The summed E-state index contributed by atoms with van der Waals surface area (Å²) in [5.41, 5.74) is 1.74. The van der Waals surface area contributed by atoms with Gasteiger partial charge in [-0.15, -0.1) is 0 Å². The van der Waals surface area contributed by atoms with Gasteiger partial charge in [-0.05, 0) is 45.2 Å². The standard InChI is InChI=1S/C20H26N4O2/c1-14(2)26-20-18(21-10-11-22-20)24-12-8-16(9-13-24)23-19(25)17-7-5-4-6-15(17)3/h4-7,10-11,14,16H,8-9,12-13H2,1-3H3,(H,23,25). The van der Waals surface area contributed by atoms with E-state index in [-0.39, 0.29) is 18.1 Å². The lowest BCUT2D eigenvalue weighted by atomic mass is 10.0. The lowest BCUT2D eigenvalue weighted by Crippen LogP contribution is -2.45. The molecule has 1 aromatic heterocycles. The normalized spacial score (nSPS) is 15.2. The van der Waals surface area contributed by atoms with Crippen molar-refractivity contribution in [2.45, 2.75) is 45.8 Å². The Morgan fingerprint density at radius 1 is 1.19 bits per heavy atom. The van der Waals surface area contributed by atoms with E-state index in [4.69, 9.17) is 4.74 Å². The number of piperidine rings is 1. The molecule has 2 aromatic rings. The number of amides is 1. The second kappa shape index (κ2) is 8.17. The number of hydrogen-bond acceptors (Lipinski definition) is 5. The molecule has 6 nitrogen and oxygen atoms in total. The molecule has 0 aliphatic carbocycles. The Labute approximate surface area is 154 Å². The average Bonchev–Trinajstić information content (AvgIpc) is 2.63. The van der Waals surface area contributed by atoms with Crippen LogP contribution in [0.4, 0.5) is 5.82 Å². The largest absolute Gasteiger partial charge is 0.472 e. The lowest BCUT2D eigenvalue weighted by Gasteiger charge is -2.33. The van der Waals surface area contributed by atoms with Crippen LogP contribution in [0.1, 0.15) is 42.6 Å². The summed E-state index contributed by atoms with van der Waals surface area (Å²) in [7, 11) is 0. The van der Waals surface area contributed by atoms with Crippen molar-refractivity contribution in [1.29, 1.82) is 0 Å². The summed E-state index contributed by atoms with van der Waals surface area (Å²) in [6.45, 7) is 7.54. The lowest BCUT2D eigenvalue weighted by molar-refractivity contribution is 0.0930. The number of carbonyl (C=O) groups excluding carboxylic acids is 1. The maximum absolute atomic E-state index is 12.5. The molecular weight excluding hydrogens is 328 g/mol. The Balaban J connectivity index is 1.60. The Bertz CT molecular complexity index is 755. The number of benzene rings is 1. The van der Waals surface area contributed by atoms with Crippen molar-refractivity contribution in [3.8, 4) is 5.88 Å². The van der Waals surface area contributed by atoms with Gasteiger partial charge in [0.05, 0.1) is 6.10 Å². The molecule has 0 saturated carbocycles. The molecule has 1 saturated heterocycles. The predicted octanol–water partition coefficient (Wildman–Crippen LogP) is 2.97. The Hall–Kier alpha value is -2.63. The third-order valence-corrected chi connectivity index (χ3v) is 4.51. The molecule has 6 heteroatoms. The van der Waals surface area contributed by atoms with Gasteiger partial charge in [0.2, 0.25) is 0 Å².